The molecular weight excluding hydrogens is 349 g/mol. The first kappa shape index (κ1) is 19.5. The number of nitrogens with zero attached hydrogens (tertiary/aromatic N) is 1. The maximum atomic E-state index is 14.8. The van der Waals surface area contributed by atoms with Crippen LogP contribution in [0, 0.1) is 5.92 Å². The number of amides is 1. The van der Waals surface area contributed by atoms with Gasteiger partial charge >= 0.3 is 0 Å². The average molecular weight is 380 g/mol. The van der Waals surface area contributed by atoms with Crippen molar-refractivity contribution in [3.63, 3.8) is 0 Å². The van der Waals surface area contributed by atoms with Crippen LogP contribution >= 0.6 is 0 Å². The second-order valence-corrected chi connectivity index (χ2v) is 12.0. The normalized spacial score (nSPS) is 29.1. The van der Waals surface area contributed by atoms with Crippen LogP contribution in [0.15, 0.2) is 24.3 Å². The Balaban J connectivity index is 1.59. The number of hydrogen-bond acceptors (Lipinski definition) is 3. The molecule has 26 heavy (non-hydrogen) atoms. The van der Waals surface area contributed by atoms with Crippen LogP contribution in [0.5, 0.6) is 0 Å². The fourth-order valence-corrected chi connectivity index (χ4v) is 7.11. The van der Waals surface area contributed by atoms with Crippen molar-refractivity contribution >= 4 is 20.0 Å². The summed E-state index contributed by atoms with van der Waals surface area (Å²) in [5, 5.41) is 9.29. The highest BCUT2D eigenvalue weighted by atomic mass is 28.4. The SMILES string of the molecule is C[C@@H]1[C@@H]([Si](C)(C)F)[C@H](CCO)O[C@@H]1CCc1ccc(N2CCC2=O)cc1. The highest BCUT2D eigenvalue weighted by Gasteiger charge is 2.50. The highest BCUT2D eigenvalue weighted by molar-refractivity contribution is 6.72. The molecule has 4 atom stereocenters. The van der Waals surface area contributed by atoms with E-state index < -0.39 is 8.41 Å². The number of aliphatic hydroxyl groups excluding tert-OH is 1. The quantitative estimate of drug-likeness (QED) is 0.447. The van der Waals surface area contributed by atoms with Gasteiger partial charge in [0.25, 0.3) is 0 Å². The highest BCUT2D eigenvalue weighted by Crippen LogP contribution is 2.46. The molecule has 0 saturated carbocycles. The number of β-lactam (4-membered cyclic amide) rings is 1. The number of hydrogen-bond donors (Lipinski definition) is 1. The Hall–Kier alpha value is -1.24. The van der Waals surface area contributed by atoms with Crippen molar-refractivity contribution < 1.29 is 18.7 Å². The van der Waals surface area contributed by atoms with Gasteiger partial charge in [0.15, 0.2) is 0 Å². The van der Waals surface area contributed by atoms with E-state index in [2.05, 4.69) is 19.1 Å². The molecule has 2 aliphatic rings. The average Bonchev–Trinajstić information content (AvgIpc) is 2.89. The zero-order chi connectivity index (χ0) is 18.9. The van der Waals surface area contributed by atoms with E-state index >= 15 is 0 Å². The third kappa shape index (κ3) is 4.02. The number of aryl methyl sites for hydroxylation is 1. The molecule has 1 aromatic carbocycles. The summed E-state index contributed by atoms with van der Waals surface area (Å²) in [7, 11) is -2.84. The predicted octanol–water partition coefficient (Wildman–Crippen LogP) is 3.69. The number of rotatable bonds is 7. The molecule has 2 saturated heterocycles. The monoisotopic (exact) mass is 379 g/mol. The molecule has 0 spiro atoms. The lowest BCUT2D eigenvalue weighted by molar-refractivity contribution is -0.122. The number of carbonyl (C=O) groups is 1. The number of ether oxygens (including phenoxy) is 1. The third-order valence-corrected chi connectivity index (χ3v) is 8.41. The van der Waals surface area contributed by atoms with E-state index in [1.54, 1.807) is 18.0 Å². The summed E-state index contributed by atoms with van der Waals surface area (Å²) in [4.78, 5) is 13.3. The minimum Gasteiger partial charge on any atom is -0.396 e. The molecule has 6 heteroatoms. The minimum absolute atomic E-state index is 0.0377. The smallest absolute Gasteiger partial charge is 0.246 e. The Kier molecular flexibility index (Phi) is 5.84. The summed E-state index contributed by atoms with van der Waals surface area (Å²) in [5.74, 6) is 0.362. The summed E-state index contributed by atoms with van der Waals surface area (Å²) in [5.41, 5.74) is 2.11. The van der Waals surface area contributed by atoms with Gasteiger partial charge < -0.3 is 18.9 Å². The molecular formula is C20H30FNO3Si. The molecule has 144 valence electrons. The number of halogens is 1. The van der Waals surface area contributed by atoms with Crippen molar-refractivity contribution in [1.29, 1.82) is 0 Å². The number of benzene rings is 1. The van der Waals surface area contributed by atoms with Crippen LogP contribution in [0.1, 0.15) is 31.7 Å². The number of anilines is 1. The topological polar surface area (TPSA) is 49.8 Å². The maximum Gasteiger partial charge on any atom is 0.246 e. The molecule has 4 nitrogen and oxygen atoms in total. The Morgan fingerprint density at radius 1 is 1.23 bits per heavy atom. The van der Waals surface area contributed by atoms with E-state index in [0.29, 0.717) is 12.8 Å². The number of carbonyl (C=O) groups excluding carboxylic acids is 1. The van der Waals surface area contributed by atoms with Crippen molar-refractivity contribution in [3.8, 4) is 0 Å². The molecule has 2 heterocycles. The van der Waals surface area contributed by atoms with Gasteiger partial charge in [-0.3, -0.25) is 4.79 Å². The van der Waals surface area contributed by atoms with E-state index in [0.717, 1.165) is 25.1 Å². The van der Waals surface area contributed by atoms with Gasteiger partial charge in [-0.25, -0.2) is 0 Å². The lowest BCUT2D eigenvalue weighted by Gasteiger charge is -2.30. The van der Waals surface area contributed by atoms with Gasteiger partial charge in [0, 0.05) is 30.8 Å². The predicted molar refractivity (Wildman–Crippen MR) is 104 cm³/mol. The van der Waals surface area contributed by atoms with Crippen molar-refractivity contribution in [2.75, 3.05) is 18.1 Å². The van der Waals surface area contributed by atoms with E-state index in [1.165, 1.54) is 5.56 Å². The van der Waals surface area contributed by atoms with Crippen LogP contribution in [0.2, 0.25) is 18.6 Å². The zero-order valence-electron chi connectivity index (χ0n) is 16.0. The van der Waals surface area contributed by atoms with Crippen molar-refractivity contribution in [3.05, 3.63) is 29.8 Å². The second-order valence-electron chi connectivity index (χ2n) is 8.18. The molecule has 3 rings (SSSR count). The molecule has 0 bridgehead atoms. The van der Waals surface area contributed by atoms with Crippen molar-refractivity contribution in [1.82, 2.24) is 0 Å². The lowest BCUT2D eigenvalue weighted by Crippen LogP contribution is -2.43. The van der Waals surface area contributed by atoms with Crippen LogP contribution in [0.3, 0.4) is 0 Å². The molecule has 2 fully saturated rings. The largest absolute Gasteiger partial charge is 0.396 e. The third-order valence-electron chi connectivity index (χ3n) is 5.93. The van der Waals surface area contributed by atoms with Crippen LogP contribution < -0.4 is 4.90 Å². The van der Waals surface area contributed by atoms with Crippen molar-refractivity contribution in [2.24, 2.45) is 5.92 Å². The lowest BCUT2D eigenvalue weighted by atomic mass is 9.95. The van der Waals surface area contributed by atoms with Gasteiger partial charge in [-0.1, -0.05) is 19.1 Å². The summed E-state index contributed by atoms with van der Waals surface area (Å²) in [6.07, 6.45) is 2.76. The van der Waals surface area contributed by atoms with Crippen molar-refractivity contribution in [2.45, 2.75) is 63.5 Å². The fourth-order valence-electron chi connectivity index (χ4n) is 4.52. The first-order valence-electron chi connectivity index (χ1n) is 9.66. The van der Waals surface area contributed by atoms with Gasteiger partial charge in [-0.2, -0.15) is 0 Å². The molecule has 0 radical (unpaired) electrons. The summed E-state index contributed by atoms with van der Waals surface area (Å²) >= 11 is 0. The Labute approximate surface area is 156 Å². The molecule has 1 amide bonds. The van der Waals surface area contributed by atoms with Crippen LogP contribution in [-0.4, -0.2) is 44.8 Å². The van der Waals surface area contributed by atoms with Gasteiger partial charge in [0.05, 0.1) is 12.2 Å². The Morgan fingerprint density at radius 3 is 2.42 bits per heavy atom. The van der Waals surface area contributed by atoms with E-state index in [9.17, 15) is 14.0 Å². The standard InChI is InChI=1S/C20H30FNO3Si/c1-14-17(25-18(11-13-23)20(14)26(2,3)21)9-6-15-4-7-16(8-5-15)22-12-10-19(22)24/h4-5,7-8,14,17-18,20,23H,6,9-13H2,1-3H3/t14-,17+,18-,20+/m0/s1. The molecule has 0 aromatic heterocycles. The first-order valence-corrected chi connectivity index (χ1v) is 12.6. The summed E-state index contributed by atoms with van der Waals surface area (Å²) in [6, 6.07) is 8.13. The van der Waals surface area contributed by atoms with Crippen LogP contribution in [0.4, 0.5) is 9.80 Å². The van der Waals surface area contributed by atoms with E-state index in [1.807, 2.05) is 12.1 Å². The Morgan fingerprint density at radius 2 is 1.92 bits per heavy atom. The van der Waals surface area contributed by atoms with Crippen LogP contribution in [-0.2, 0) is 16.0 Å². The van der Waals surface area contributed by atoms with Gasteiger partial charge in [0.1, 0.15) is 0 Å². The summed E-state index contributed by atoms with van der Waals surface area (Å²) in [6.45, 7) is 6.45. The molecule has 0 aliphatic carbocycles. The van der Waals surface area contributed by atoms with Gasteiger partial charge in [0.2, 0.25) is 14.3 Å². The first-order chi connectivity index (χ1) is 12.3. The fraction of sp³-hybridized carbons (Fsp3) is 0.650. The zero-order valence-corrected chi connectivity index (χ0v) is 17.0. The second kappa shape index (κ2) is 7.78. The maximum absolute atomic E-state index is 14.8. The Bertz CT molecular complexity index is 631. The van der Waals surface area contributed by atoms with E-state index in [4.69, 9.17) is 4.74 Å². The molecule has 0 unspecified atom stereocenters. The van der Waals surface area contributed by atoms with Gasteiger partial charge in [-0.05, 0) is 56.0 Å². The molecule has 2 aliphatic heterocycles. The van der Waals surface area contributed by atoms with Gasteiger partial charge in [-0.15, -0.1) is 0 Å². The molecule has 1 aromatic rings. The minimum atomic E-state index is -2.84. The van der Waals surface area contributed by atoms with Crippen LogP contribution in [0.25, 0.3) is 0 Å². The summed E-state index contributed by atoms with van der Waals surface area (Å²) < 4.78 is 20.9. The number of aliphatic hydroxyl groups is 1. The molecule has 1 N–H and O–H groups in total. The van der Waals surface area contributed by atoms with E-state index in [-0.39, 0.29) is 36.2 Å².